The van der Waals surface area contributed by atoms with Gasteiger partial charge in [-0.3, -0.25) is 4.98 Å². The maximum absolute atomic E-state index is 4.64. The van der Waals surface area contributed by atoms with E-state index in [2.05, 4.69) is 109 Å². The average molecular weight is 364 g/mol. The van der Waals surface area contributed by atoms with Gasteiger partial charge in [-0.2, -0.15) is 0 Å². The van der Waals surface area contributed by atoms with Crippen molar-refractivity contribution in [3.05, 3.63) is 114 Å². The van der Waals surface area contributed by atoms with Crippen LogP contribution in [0.5, 0.6) is 0 Å². The van der Waals surface area contributed by atoms with Crippen LogP contribution in [0.4, 0.5) is 0 Å². The first-order chi connectivity index (χ1) is 13.3. The lowest BCUT2D eigenvalue weighted by molar-refractivity contribution is 1.12. The Kier molecular flexibility index (Phi) is 3.80. The van der Waals surface area contributed by atoms with Crippen molar-refractivity contribution in [2.45, 2.75) is 13.3 Å². The number of hydrogen-bond donors (Lipinski definition) is 0. The van der Waals surface area contributed by atoms with Crippen molar-refractivity contribution in [1.82, 2.24) is 4.98 Å². The van der Waals surface area contributed by atoms with Crippen LogP contribution in [0.3, 0.4) is 0 Å². The van der Waals surface area contributed by atoms with Gasteiger partial charge in [-0.05, 0) is 51.3 Å². The van der Waals surface area contributed by atoms with E-state index >= 15 is 0 Å². The Morgan fingerprint density at radius 3 is 1.93 bits per heavy atom. The SMILES string of the molecule is Cc1cc2c(cn1)Cc1ccccc1[Si]2(c1ccccc1)c1ccccc1. The number of aryl methyl sites for hydroxylation is 1. The molecule has 27 heavy (non-hydrogen) atoms. The third-order valence-electron chi connectivity index (χ3n) is 5.74. The number of benzene rings is 3. The largest absolute Gasteiger partial charge is 0.261 e. The third-order valence-corrected chi connectivity index (χ3v) is 10.7. The molecule has 130 valence electrons. The zero-order valence-corrected chi connectivity index (χ0v) is 16.4. The maximum atomic E-state index is 4.64. The summed E-state index contributed by atoms with van der Waals surface area (Å²) >= 11 is 0. The molecule has 0 saturated heterocycles. The Bertz CT molecular complexity index is 1060. The van der Waals surface area contributed by atoms with Gasteiger partial charge >= 0.3 is 0 Å². The van der Waals surface area contributed by atoms with Crippen molar-refractivity contribution in [3.8, 4) is 0 Å². The van der Waals surface area contributed by atoms with E-state index in [0.29, 0.717) is 0 Å². The molecule has 3 aromatic carbocycles. The number of fused-ring (bicyclic) bond motifs is 2. The monoisotopic (exact) mass is 363 g/mol. The van der Waals surface area contributed by atoms with Gasteiger partial charge in [-0.1, -0.05) is 84.9 Å². The van der Waals surface area contributed by atoms with Crippen molar-refractivity contribution >= 4 is 28.8 Å². The smallest absolute Gasteiger partial charge is 0.180 e. The van der Waals surface area contributed by atoms with E-state index in [1.54, 1.807) is 0 Å². The summed E-state index contributed by atoms with van der Waals surface area (Å²) in [7, 11) is -2.35. The first kappa shape index (κ1) is 16.2. The lowest BCUT2D eigenvalue weighted by atomic mass is 10.1. The molecule has 1 aliphatic rings. The van der Waals surface area contributed by atoms with E-state index < -0.39 is 8.07 Å². The molecule has 0 radical (unpaired) electrons. The summed E-state index contributed by atoms with van der Waals surface area (Å²) in [5, 5.41) is 5.89. The number of hydrogen-bond acceptors (Lipinski definition) is 1. The van der Waals surface area contributed by atoms with E-state index in [1.807, 2.05) is 0 Å². The highest BCUT2D eigenvalue weighted by Crippen LogP contribution is 2.20. The number of nitrogens with zero attached hydrogens (tertiary/aromatic N) is 1. The summed E-state index contributed by atoms with van der Waals surface area (Å²) in [4.78, 5) is 4.64. The highest BCUT2D eigenvalue weighted by atomic mass is 28.3. The van der Waals surface area contributed by atoms with Crippen LogP contribution >= 0.6 is 0 Å². The molecule has 0 unspecified atom stereocenters. The predicted molar refractivity (Wildman–Crippen MR) is 115 cm³/mol. The van der Waals surface area contributed by atoms with Crippen molar-refractivity contribution < 1.29 is 0 Å². The molecule has 0 amide bonds. The average Bonchev–Trinajstić information content (AvgIpc) is 2.73. The Labute approximate surface area is 161 Å². The number of pyridine rings is 1. The van der Waals surface area contributed by atoms with Gasteiger partial charge in [0.1, 0.15) is 0 Å². The maximum Gasteiger partial charge on any atom is 0.180 e. The molecule has 2 heteroatoms. The molecule has 1 nitrogen and oxygen atoms in total. The quantitative estimate of drug-likeness (QED) is 0.440. The number of rotatable bonds is 2. The molecular weight excluding hydrogens is 342 g/mol. The molecule has 4 aromatic rings. The molecule has 5 rings (SSSR count). The minimum Gasteiger partial charge on any atom is -0.261 e. The lowest BCUT2D eigenvalue weighted by Crippen LogP contribution is -2.77. The summed E-state index contributed by atoms with van der Waals surface area (Å²) in [6, 6.07) is 33.6. The summed E-state index contributed by atoms with van der Waals surface area (Å²) in [5.74, 6) is 0. The van der Waals surface area contributed by atoms with Crippen molar-refractivity contribution in [3.63, 3.8) is 0 Å². The van der Waals surface area contributed by atoms with E-state index in [4.69, 9.17) is 0 Å². The molecule has 0 saturated carbocycles. The van der Waals surface area contributed by atoms with Gasteiger partial charge in [0.2, 0.25) is 0 Å². The second-order valence-electron chi connectivity index (χ2n) is 7.30. The van der Waals surface area contributed by atoms with Crippen LogP contribution in [0.1, 0.15) is 16.8 Å². The Balaban J connectivity index is 1.98. The molecule has 1 aliphatic heterocycles. The van der Waals surface area contributed by atoms with Gasteiger partial charge in [0.15, 0.2) is 8.07 Å². The molecule has 0 N–H and O–H groups in total. The minimum atomic E-state index is -2.35. The van der Waals surface area contributed by atoms with Crippen LogP contribution in [-0.4, -0.2) is 13.1 Å². The summed E-state index contributed by atoms with van der Waals surface area (Å²) in [6.45, 7) is 2.11. The molecule has 1 aromatic heterocycles. The van der Waals surface area contributed by atoms with Crippen LogP contribution in [0.2, 0.25) is 0 Å². The Hall–Kier alpha value is -2.97. The molecule has 2 heterocycles. The Morgan fingerprint density at radius 2 is 1.26 bits per heavy atom. The predicted octanol–water partition coefficient (Wildman–Crippen LogP) is 2.67. The summed E-state index contributed by atoms with van der Waals surface area (Å²) in [6.07, 6.45) is 3.07. The standard InChI is InChI=1S/C25H21NSi/c1-19-16-25-21(18-26-19)17-20-10-8-9-15-24(20)27(25,22-11-4-2-5-12-22)23-13-6-3-7-14-23/h2-16,18H,17H2,1H3. The highest BCUT2D eigenvalue weighted by molar-refractivity contribution is 7.20. The van der Waals surface area contributed by atoms with E-state index in [-0.39, 0.29) is 0 Å². The number of aromatic nitrogens is 1. The van der Waals surface area contributed by atoms with Crippen molar-refractivity contribution in [2.24, 2.45) is 0 Å². The molecule has 0 aliphatic carbocycles. The first-order valence-corrected chi connectivity index (χ1v) is 11.5. The first-order valence-electron chi connectivity index (χ1n) is 9.45. The molecule has 0 spiro atoms. The summed E-state index contributed by atoms with van der Waals surface area (Å²) in [5.41, 5.74) is 3.91. The van der Waals surface area contributed by atoms with Gasteiger partial charge in [-0.25, -0.2) is 0 Å². The van der Waals surface area contributed by atoms with Crippen molar-refractivity contribution in [1.29, 1.82) is 0 Å². The van der Waals surface area contributed by atoms with Gasteiger partial charge in [0.25, 0.3) is 0 Å². The zero-order valence-electron chi connectivity index (χ0n) is 15.4. The van der Waals surface area contributed by atoms with E-state index in [9.17, 15) is 0 Å². The van der Waals surface area contributed by atoms with Gasteiger partial charge < -0.3 is 0 Å². The minimum absolute atomic E-state index is 0.965. The fourth-order valence-electron chi connectivity index (χ4n) is 4.63. The fraction of sp³-hybridized carbons (Fsp3) is 0.0800. The fourth-order valence-corrected chi connectivity index (χ4v) is 9.95. The zero-order chi connectivity index (χ0) is 18.3. The third kappa shape index (κ3) is 2.41. The highest BCUT2D eigenvalue weighted by Gasteiger charge is 2.46. The Morgan fingerprint density at radius 1 is 0.667 bits per heavy atom. The van der Waals surface area contributed by atoms with Crippen LogP contribution in [0.15, 0.2) is 97.2 Å². The lowest BCUT2D eigenvalue weighted by Gasteiger charge is -2.40. The van der Waals surface area contributed by atoms with Crippen LogP contribution in [-0.2, 0) is 6.42 Å². The van der Waals surface area contributed by atoms with Gasteiger partial charge in [0.05, 0.1) is 0 Å². The van der Waals surface area contributed by atoms with Crippen LogP contribution in [0, 0.1) is 6.92 Å². The second kappa shape index (κ2) is 6.33. The molecule has 0 atom stereocenters. The van der Waals surface area contributed by atoms with E-state index in [0.717, 1.165) is 12.1 Å². The van der Waals surface area contributed by atoms with Crippen LogP contribution in [0.25, 0.3) is 0 Å². The van der Waals surface area contributed by atoms with Gasteiger partial charge in [0, 0.05) is 11.9 Å². The van der Waals surface area contributed by atoms with Crippen molar-refractivity contribution in [2.75, 3.05) is 0 Å². The molecular formula is C25H21NSi. The molecule has 0 bridgehead atoms. The second-order valence-corrected chi connectivity index (χ2v) is 11.0. The van der Waals surface area contributed by atoms with E-state index in [1.165, 1.54) is 31.9 Å². The van der Waals surface area contributed by atoms with Crippen LogP contribution < -0.4 is 20.7 Å². The topological polar surface area (TPSA) is 12.9 Å². The molecule has 0 fully saturated rings. The summed E-state index contributed by atoms with van der Waals surface area (Å²) < 4.78 is 0. The normalized spacial score (nSPS) is 14.3. The van der Waals surface area contributed by atoms with Gasteiger partial charge in [-0.15, -0.1) is 0 Å².